The topological polar surface area (TPSA) is 88.1 Å². The Labute approximate surface area is 190 Å². The van der Waals surface area contributed by atoms with Crippen molar-refractivity contribution in [2.45, 2.75) is 11.8 Å². The van der Waals surface area contributed by atoms with Gasteiger partial charge in [-0.25, -0.2) is 13.8 Å². The fraction of sp³-hybridized carbons (Fsp3) is 0.143. The number of sulfonamides is 1. The molecular formula is C21H20ClN3O4S2. The number of ether oxygens (including phenoxy) is 1. The first kappa shape index (κ1) is 22.8. The van der Waals surface area contributed by atoms with E-state index < -0.39 is 22.5 Å². The van der Waals surface area contributed by atoms with E-state index in [2.05, 4.69) is 10.5 Å². The lowest BCUT2D eigenvalue weighted by Crippen LogP contribution is -2.39. The van der Waals surface area contributed by atoms with Gasteiger partial charge in [0.2, 0.25) is 0 Å². The summed E-state index contributed by atoms with van der Waals surface area (Å²) in [5, 5.41) is 6.43. The third-order valence-electron chi connectivity index (χ3n) is 4.28. The molecule has 0 saturated heterocycles. The Bertz CT molecular complexity index is 1160. The monoisotopic (exact) mass is 477 g/mol. The van der Waals surface area contributed by atoms with Crippen molar-refractivity contribution >= 4 is 50.3 Å². The van der Waals surface area contributed by atoms with Crippen molar-refractivity contribution in [3.63, 3.8) is 0 Å². The standard InChI is InChI=1S/C21H20ClN3O4S2/c1-15(20-4-3-13-30-20)23-24-21(26)14-25(17-7-5-16(22)6-8-17)31(27,28)19-11-9-18(29-2)10-12-19/h3-13H,14H2,1-2H3,(H,24,26). The predicted octanol–water partition coefficient (Wildman–Crippen LogP) is 4.15. The lowest BCUT2D eigenvalue weighted by molar-refractivity contribution is -0.119. The second-order valence-corrected chi connectivity index (χ2v) is 9.62. The average Bonchev–Trinajstić information content (AvgIpc) is 3.31. The van der Waals surface area contributed by atoms with E-state index >= 15 is 0 Å². The van der Waals surface area contributed by atoms with Crippen LogP contribution >= 0.6 is 22.9 Å². The van der Waals surface area contributed by atoms with E-state index in [1.54, 1.807) is 31.2 Å². The van der Waals surface area contributed by atoms with Crippen LogP contribution in [0.15, 0.2) is 76.0 Å². The minimum absolute atomic E-state index is 0.0225. The lowest BCUT2D eigenvalue weighted by Gasteiger charge is -2.24. The summed E-state index contributed by atoms with van der Waals surface area (Å²) in [7, 11) is -2.55. The number of nitrogens with one attached hydrogen (secondary N) is 1. The van der Waals surface area contributed by atoms with E-state index in [9.17, 15) is 13.2 Å². The van der Waals surface area contributed by atoms with Crippen molar-refractivity contribution in [1.82, 2.24) is 5.43 Å². The molecule has 162 valence electrons. The van der Waals surface area contributed by atoms with Crippen LogP contribution in [-0.4, -0.2) is 33.7 Å². The number of halogens is 1. The normalized spacial score (nSPS) is 11.8. The van der Waals surface area contributed by atoms with Gasteiger partial charge < -0.3 is 4.74 Å². The van der Waals surface area contributed by atoms with E-state index in [0.29, 0.717) is 22.2 Å². The molecular weight excluding hydrogens is 458 g/mol. The zero-order valence-electron chi connectivity index (χ0n) is 16.8. The Balaban J connectivity index is 1.88. The number of methoxy groups -OCH3 is 1. The molecule has 1 heterocycles. The molecule has 1 amide bonds. The molecule has 3 rings (SSSR count). The molecule has 0 spiro atoms. The maximum atomic E-state index is 13.3. The van der Waals surface area contributed by atoms with E-state index in [1.165, 1.54) is 42.7 Å². The third kappa shape index (κ3) is 5.63. The highest BCUT2D eigenvalue weighted by Gasteiger charge is 2.27. The molecule has 10 heteroatoms. The number of hydrogen-bond acceptors (Lipinski definition) is 6. The summed E-state index contributed by atoms with van der Waals surface area (Å²) in [6, 6.07) is 15.9. The van der Waals surface area contributed by atoms with Crippen LogP contribution in [0.5, 0.6) is 5.75 Å². The lowest BCUT2D eigenvalue weighted by atomic mass is 10.3. The largest absolute Gasteiger partial charge is 0.497 e. The number of thiophene rings is 1. The van der Waals surface area contributed by atoms with Gasteiger partial charge in [0.15, 0.2) is 0 Å². The number of rotatable bonds is 8. The van der Waals surface area contributed by atoms with Crippen molar-refractivity contribution in [1.29, 1.82) is 0 Å². The van der Waals surface area contributed by atoms with Gasteiger partial charge in [-0.3, -0.25) is 9.10 Å². The summed E-state index contributed by atoms with van der Waals surface area (Å²) in [5.74, 6) is -0.0592. The smallest absolute Gasteiger partial charge is 0.264 e. The zero-order chi connectivity index (χ0) is 22.4. The van der Waals surface area contributed by atoms with Crippen LogP contribution in [0.2, 0.25) is 5.02 Å². The molecule has 2 aromatic carbocycles. The Morgan fingerprint density at radius 1 is 1.13 bits per heavy atom. The Kier molecular flexibility index (Phi) is 7.32. The molecule has 0 radical (unpaired) electrons. The van der Waals surface area contributed by atoms with Crippen molar-refractivity contribution in [2.75, 3.05) is 18.0 Å². The summed E-state index contributed by atoms with van der Waals surface area (Å²) in [5.41, 5.74) is 3.35. The van der Waals surface area contributed by atoms with Gasteiger partial charge in [-0.2, -0.15) is 5.10 Å². The van der Waals surface area contributed by atoms with E-state index in [4.69, 9.17) is 16.3 Å². The van der Waals surface area contributed by atoms with Crippen molar-refractivity contribution in [2.24, 2.45) is 5.10 Å². The van der Waals surface area contributed by atoms with Crippen molar-refractivity contribution in [3.8, 4) is 5.75 Å². The first-order chi connectivity index (χ1) is 14.8. The van der Waals surface area contributed by atoms with Crippen LogP contribution < -0.4 is 14.5 Å². The minimum atomic E-state index is -4.04. The number of hydrogen-bond donors (Lipinski definition) is 1. The molecule has 0 unspecified atom stereocenters. The Morgan fingerprint density at radius 3 is 2.39 bits per heavy atom. The van der Waals surface area contributed by atoms with E-state index in [-0.39, 0.29) is 4.90 Å². The molecule has 1 aromatic heterocycles. The Hall–Kier alpha value is -2.88. The first-order valence-corrected chi connectivity index (χ1v) is 11.8. The van der Waals surface area contributed by atoms with Gasteiger partial charge in [-0.15, -0.1) is 11.3 Å². The quantitative estimate of drug-likeness (QED) is 0.390. The number of hydrazone groups is 1. The van der Waals surface area contributed by atoms with Crippen molar-refractivity contribution < 1.29 is 17.9 Å². The van der Waals surface area contributed by atoms with E-state index in [0.717, 1.165) is 9.18 Å². The summed E-state index contributed by atoms with van der Waals surface area (Å²) in [6.07, 6.45) is 0. The fourth-order valence-corrected chi connectivity index (χ4v) is 4.87. The summed E-state index contributed by atoms with van der Waals surface area (Å²) in [6.45, 7) is 1.30. The molecule has 0 aliphatic rings. The van der Waals surface area contributed by atoms with Crippen LogP contribution in [0.1, 0.15) is 11.8 Å². The second kappa shape index (κ2) is 9.95. The summed E-state index contributed by atoms with van der Waals surface area (Å²) < 4.78 is 32.7. The third-order valence-corrected chi connectivity index (χ3v) is 7.29. The Morgan fingerprint density at radius 2 is 1.81 bits per heavy atom. The number of carbonyl (C=O) groups excluding carboxylic acids is 1. The van der Waals surface area contributed by atoms with E-state index in [1.807, 2.05) is 17.5 Å². The molecule has 1 N–H and O–H groups in total. The van der Waals surface area contributed by atoms with Crippen LogP contribution in [0.3, 0.4) is 0 Å². The van der Waals surface area contributed by atoms with Crippen LogP contribution in [0.25, 0.3) is 0 Å². The van der Waals surface area contributed by atoms with Gasteiger partial charge >= 0.3 is 0 Å². The molecule has 0 aliphatic heterocycles. The summed E-state index contributed by atoms with van der Waals surface area (Å²) in [4.78, 5) is 13.5. The van der Waals surface area contributed by atoms with Crippen LogP contribution in [0, 0.1) is 0 Å². The highest BCUT2D eigenvalue weighted by Crippen LogP contribution is 2.26. The molecule has 3 aromatic rings. The number of anilines is 1. The maximum absolute atomic E-state index is 13.3. The highest BCUT2D eigenvalue weighted by atomic mass is 35.5. The van der Waals surface area contributed by atoms with Gasteiger partial charge in [0, 0.05) is 9.90 Å². The van der Waals surface area contributed by atoms with Crippen molar-refractivity contribution in [3.05, 3.63) is 75.9 Å². The van der Waals surface area contributed by atoms with Gasteiger partial charge in [0.25, 0.3) is 15.9 Å². The highest BCUT2D eigenvalue weighted by molar-refractivity contribution is 7.92. The number of carbonyl (C=O) groups is 1. The molecule has 7 nitrogen and oxygen atoms in total. The van der Waals surface area contributed by atoms with Gasteiger partial charge in [0.05, 0.1) is 23.4 Å². The fourth-order valence-electron chi connectivity index (χ4n) is 2.65. The molecule has 0 fully saturated rings. The molecule has 0 saturated carbocycles. The maximum Gasteiger partial charge on any atom is 0.264 e. The van der Waals surface area contributed by atoms with Gasteiger partial charge in [0.1, 0.15) is 12.3 Å². The summed E-state index contributed by atoms with van der Waals surface area (Å²) >= 11 is 7.43. The minimum Gasteiger partial charge on any atom is -0.497 e. The molecule has 0 atom stereocenters. The number of amides is 1. The predicted molar refractivity (Wildman–Crippen MR) is 124 cm³/mol. The molecule has 0 bridgehead atoms. The van der Waals surface area contributed by atoms with Gasteiger partial charge in [-0.05, 0) is 66.9 Å². The number of nitrogens with zero attached hydrogens (tertiary/aromatic N) is 2. The van der Waals surface area contributed by atoms with Gasteiger partial charge in [-0.1, -0.05) is 17.7 Å². The SMILES string of the molecule is COc1ccc(S(=O)(=O)N(CC(=O)NN=C(C)c2cccs2)c2ccc(Cl)cc2)cc1. The number of benzene rings is 2. The average molecular weight is 478 g/mol. The van der Waals surface area contributed by atoms with Crippen LogP contribution in [0.4, 0.5) is 5.69 Å². The molecule has 31 heavy (non-hydrogen) atoms. The second-order valence-electron chi connectivity index (χ2n) is 6.37. The van der Waals surface area contributed by atoms with Crippen LogP contribution in [-0.2, 0) is 14.8 Å². The first-order valence-electron chi connectivity index (χ1n) is 9.10. The molecule has 0 aliphatic carbocycles. The zero-order valence-corrected chi connectivity index (χ0v) is 19.2.